The van der Waals surface area contributed by atoms with E-state index in [1.165, 1.54) is 14.2 Å². The van der Waals surface area contributed by atoms with Gasteiger partial charge >= 0.3 is 0 Å². The number of methoxy groups -OCH3 is 3. The standard InChI is InChI=1S/C17H20O5/c1-20-15-8-11(5-7-13(15)18)4-6-12-9-16(21-2)17(22-3)10-14(12)19/h5,7-10,18-19H,4,6H2,1-3H3. The lowest BCUT2D eigenvalue weighted by atomic mass is 10.0. The normalized spacial score (nSPS) is 10.3. The Balaban J connectivity index is 2.17. The molecule has 0 aliphatic heterocycles. The van der Waals surface area contributed by atoms with Crippen molar-refractivity contribution in [2.45, 2.75) is 12.8 Å². The molecule has 0 amide bonds. The molecule has 5 heteroatoms. The largest absolute Gasteiger partial charge is 0.508 e. The second-order valence-electron chi connectivity index (χ2n) is 4.84. The summed E-state index contributed by atoms with van der Waals surface area (Å²) in [6, 6.07) is 8.53. The number of hydrogen-bond donors (Lipinski definition) is 2. The topological polar surface area (TPSA) is 68.2 Å². The summed E-state index contributed by atoms with van der Waals surface area (Å²) in [5.41, 5.74) is 1.77. The Morgan fingerprint density at radius 3 is 2.00 bits per heavy atom. The second kappa shape index (κ2) is 6.93. The predicted octanol–water partition coefficient (Wildman–Crippen LogP) is 2.91. The number of aryl methyl sites for hydroxylation is 2. The molecule has 0 spiro atoms. The quantitative estimate of drug-likeness (QED) is 0.859. The van der Waals surface area contributed by atoms with E-state index in [9.17, 15) is 10.2 Å². The summed E-state index contributed by atoms with van der Waals surface area (Å²) >= 11 is 0. The van der Waals surface area contributed by atoms with Crippen LogP contribution >= 0.6 is 0 Å². The van der Waals surface area contributed by atoms with Crippen molar-refractivity contribution in [1.29, 1.82) is 0 Å². The van der Waals surface area contributed by atoms with Crippen molar-refractivity contribution in [3.05, 3.63) is 41.5 Å². The van der Waals surface area contributed by atoms with Gasteiger partial charge in [0, 0.05) is 6.07 Å². The predicted molar refractivity (Wildman–Crippen MR) is 83.3 cm³/mol. The molecule has 0 aliphatic rings. The molecule has 0 atom stereocenters. The minimum atomic E-state index is 0.111. The van der Waals surface area contributed by atoms with E-state index in [4.69, 9.17) is 14.2 Å². The zero-order chi connectivity index (χ0) is 16.1. The molecule has 5 nitrogen and oxygen atoms in total. The minimum Gasteiger partial charge on any atom is -0.508 e. The van der Waals surface area contributed by atoms with Crippen molar-refractivity contribution in [3.8, 4) is 28.7 Å². The molecule has 0 radical (unpaired) electrons. The maximum atomic E-state index is 10.1. The molecule has 0 unspecified atom stereocenters. The Hall–Kier alpha value is -2.56. The molecule has 2 aromatic rings. The van der Waals surface area contributed by atoms with Crippen molar-refractivity contribution in [2.24, 2.45) is 0 Å². The lowest BCUT2D eigenvalue weighted by Crippen LogP contribution is -1.96. The van der Waals surface area contributed by atoms with Gasteiger partial charge in [-0.05, 0) is 42.2 Å². The van der Waals surface area contributed by atoms with Crippen LogP contribution in [0.3, 0.4) is 0 Å². The molecule has 0 aromatic heterocycles. The molecule has 0 bridgehead atoms. The lowest BCUT2D eigenvalue weighted by Gasteiger charge is -2.12. The third-order valence-corrected chi connectivity index (χ3v) is 3.51. The Morgan fingerprint density at radius 2 is 1.36 bits per heavy atom. The Morgan fingerprint density at radius 1 is 0.727 bits per heavy atom. The lowest BCUT2D eigenvalue weighted by molar-refractivity contribution is 0.350. The van der Waals surface area contributed by atoms with Crippen molar-refractivity contribution >= 4 is 0 Å². The van der Waals surface area contributed by atoms with E-state index in [-0.39, 0.29) is 11.5 Å². The monoisotopic (exact) mass is 304 g/mol. The van der Waals surface area contributed by atoms with Gasteiger partial charge in [-0.15, -0.1) is 0 Å². The summed E-state index contributed by atoms with van der Waals surface area (Å²) in [7, 11) is 4.60. The third-order valence-electron chi connectivity index (χ3n) is 3.51. The van der Waals surface area contributed by atoms with Crippen LogP contribution in [-0.4, -0.2) is 31.5 Å². The molecule has 2 rings (SSSR count). The fraction of sp³-hybridized carbons (Fsp3) is 0.294. The van der Waals surface area contributed by atoms with Gasteiger partial charge in [0.25, 0.3) is 0 Å². The number of hydrogen-bond acceptors (Lipinski definition) is 5. The van der Waals surface area contributed by atoms with Gasteiger partial charge in [0.05, 0.1) is 21.3 Å². The van der Waals surface area contributed by atoms with Crippen molar-refractivity contribution in [1.82, 2.24) is 0 Å². The van der Waals surface area contributed by atoms with Crippen LogP contribution in [0.2, 0.25) is 0 Å². The van der Waals surface area contributed by atoms with Gasteiger partial charge < -0.3 is 24.4 Å². The second-order valence-corrected chi connectivity index (χ2v) is 4.84. The van der Waals surface area contributed by atoms with Gasteiger partial charge in [-0.25, -0.2) is 0 Å². The number of benzene rings is 2. The van der Waals surface area contributed by atoms with Gasteiger partial charge in [0.2, 0.25) is 0 Å². The molecular formula is C17H20O5. The highest BCUT2D eigenvalue weighted by Crippen LogP contribution is 2.35. The third kappa shape index (κ3) is 3.36. The van der Waals surface area contributed by atoms with Crippen LogP contribution in [0.15, 0.2) is 30.3 Å². The van der Waals surface area contributed by atoms with Gasteiger partial charge in [0.1, 0.15) is 5.75 Å². The number of phenolic OH excluding ortho intramolecular Hbond substituents is 2. The Bertz CT molecular complexity index is 652. The van der Waals surface area contributed by atoms with E-state index in [0.29, 0.717) is 30.1 Å². The molecule has 0 aliphatic carbocycles. The average molecular weight is 304 g/mol. The minimum absolute atomic E-state index is 0.111. The van der Waals surface area contributed by atoms with E-state index in [1.54, 1.807) is 31.4 Å². The number of phenols is 2. The van der Waals surface area contributed by atoms with Crippen molar-refractivity contribution < 1.29 is 24.4 Å². The van der Waals surface area contributed by atoms with E-state index >= 15 is 0 Å². The molecule has 2 aromatic carbocycles. The van der Waals surface area contributed by atoms with Crippen LogP contribution in [0.25, 0.3) is 0 Å². The highest BCUT2D eigenvalue weighted by atomic mass is 16.5. The first kappa shape index (κ1) is 15.8. The summed E-state index contributed by atoms with van der Waals surface area (Å²) in [6.07, 6.45) is 1.32. The smallest absolute Gasteiger partial charge is 0.164 e. The van der Waals surface area contributed by atoms with Gasteiger partial charge in [-0.2, -0.15) is 0 Å². The summed E-state index contributed by atoms with van der Waals surface area (Å²) in [6.45, 7) is 0. The summed E-state index contributed by atoms with van der Waals surface area (Å²) in [4.78, 5) is 0. The maximum Gasteiger partial charge on any atom is 0.164 e. The number of rotatable bonds is 6. The maximum absolute atomic E-state index is 10.1. The molecular weight excluding hydrogens is 284 g/mol. The average Bonchev–Trinajstić information content (AvgIpc) is 2.54. The fourth-order valence-corrected chi connectivity index (χ4v) is 2.27. The van der Waals surface area contributed by atoms with Crippen LogP contribution < -0.4 is 14.2 Å². The molecule has 0 saturated carbocycles. The molecule has 22 heavy (non-hydrogen) atoms. The van der Waals surface area contributed by atoms with Crippen LogP contribution in [0, 0.1) is 0 Å². The number of aromatic hydroxyl groups is 2. The van der Waals surface area contributed by atoms with E-state index in [0.717, 1.165) is 11.1 Å². The fourth-order valence-electron chi connectivity index (χ4n) is 2.27. The van der Waals surface area contributed by atoms with Gasteiger partial charge in [0.15, 0.2) is 23.0 Å². The first-order valence-electron chi connectivity index (χ1n) is 6.88. The van der Waals surface area contributed by atoms with Crippen molar-refractivity contribution in [2.75, 3.05) is 21.3 Å². The van der Waals surface area contributed by atoms with Crippen LogP contribution in [0.5, 0.6) is 28.7 Å². The first-order valence-corrected chi connectivity index (χ1v) is 6.88. The SMILES string of the molecule is COc1cc(CCc2cc(OC)c(OC)cc2O)ccc1O. The van der Waals surface area contributed by atoms with E-state index in [1.807, 2.05) is 6.07 Å². The zero-order valence-corrected chi connectivity index (χ0v) is 12.9. The first-order chi connectivity index (χ1) is 10.6. The van der Waals surface area contributed by atoms with Gasteiger partial charge in [-0.3, -0.25) is 0 Å². The van der Waals surface area contributed by atoms with E-state index < -0.39 is 0 Å². The van der Waals surface area contributed by atoms with Crippen molar-refractivity contribution in [3.63, 3.8) is 0 Å². The summed E-state index contributed by atoms with van der Waals surface area (Å²) < 4.78 is 15.5. The molecule has 0 saturated heterocycles. The van der Waals surface area contributed by atoms with Crippen LogP contribution in [0.1, 0.15) is 11.1 Å². The zero-order valence-electron chi connectivity index (χ0n) is 12.9. The molecule has 0 heterocycles. The summed E-state index contributed by atoms with van der Waals surface area (Å²) in [5, 5.41) is 19.7. The summed E-state index contributed by atoms with van der Waals surface area (Å²) in [5.74, 6) is 1.80. The Kier molecular flexibility index (Phi) is 4.99. The highest BCUT2D eigenvalue weighted by Gasteiger charge is 2.11. The van der Waals surface area contributed by atoms with Gasteiger partial charge in [-0.1, -0.05) is 6.07 Å². The van der Waals surface area contributed by atoms with Crippen LogP contribution in [-0.2, 0) is 12.8 Å². The number of ether oxygens (including phenoxy) is 3. The molecule has 0 fully saturated rings. The molecule has 118 valence electrons. The van der Waals surface area contributed by atoms with Crippen LogP contribution in [0.4, 0.5) is 0 Å². The highest BCUT2D eigenvalue weighted by molar-refractivity contribution is 5.50. The Labute approximate surface area is 129 Å². The van der Waals surface area contributed by atoms with E-state index in [2.05, 4.69) is 0 Å². The molecule has 2 N–H and O–H groups in total.